The zero-order valence-electron chi connectivity index (χ0n) is 13.1. The Morgan fingerprint density at radius 2 is 1.83 bits per heavy atom. The molecule has 6 nitrogen and oxygen atoms in total. The van der Waals surface area contributed by atoms with Crippen LogP contribution in [0.4, 0.5) is 5.95 Å². The van der Waals surface area contributed by atoms with Gasteiger partial charge < -0.3 is 9.88 Å². The van der Waals surface area contributed by atoms with Gasteiger partial charge in [-0.05, 0) is 30.7 Å². The maximum Gasteiger partial charge on any atom is 0.260 e. The third kappa shape index (κ3) is 2.74. The lowest BCUT2D eigenvalue weighted by molar-refractivity contribution is 0.675. The molecule has 2 heterocycles. The number of aromatic amines is 1. The predicted molar refractivity (Wildman–Crippen MR) is 95.2 cm³/mol. The van der Waals surface area contributed by atoms with Gasteiger partial charge in [0.2, 0.25) is 5.95 Å². The van der Waals surface area contributed by atoms with Crippen LogP contribution in [0.1, 0.15) is 6.42 Å². The van der Waals surface area contributed by atoms with Gasteiger partial charge in [-0.15, -0.1) is 0 Å². The van der Waals surface area contributed by atoms with Gasteiger partial charge in [-0.3, -0.25) is 9.78 Å². The molecule has 0 aliphatic rings. The van der Waals surface area contributed by atoms with Crippen LogP contribution in [0.25, 0.3) is 21.9 Å². The van der Waals surface area contributed by atoms with E-state index in [1.54, 1.807) is 6.07 Å². The minimum absolute atomic E-state index is 0.122. The number of imidazole rings is 1. The molecule has 120 valence electrons. The molecule has 0 spiro atoms. The number of aryl methyl sites for hydroxylation is 1. The normalized spacial score (nSPS) is 11.2. The number of H-pyrrole nitrogens is 1. The number of benzene rings is 2. The Morgan fingerprint density at radius 3 is 2.75 bits per heavy atom. The van der Waals surface area contributed by atoms with Crippen LogP contribution < -0.4 is 10.9 Å². The van der Waals surface area contributed by atoms with Gasteiger partial charge in [-0.2, -0.15) is 0 Å². The number of aromatic nitrogens is 4. The van der Waals surface area contributed by atoms with E-state index >= 15 is 0 Å². The summed E-state index contributed by atoms with van der Waals surface area (Å²) in [5, 5.41) is 3.79. The summed E-state index contributed by atoms with van der Waals surface area (Å²) in [6.45, 7) is 1.57. The molecule has 2 aromatic heterocycles. The summed E-state index contributed by atoms with van der Waals surface area (Å²) in [5.41, 5.74) is 2.72. The van der Waals surface area contributed by atoms with Crippen molar-refractivity contribution in [3.63, 3.8) is 0 Å². The molecule has 0 aliphatic heterocycles. The van der Waals surface area contributed by atoms with Gasteiger partial charge in [-0.25, -0.2) is 9.97 Å². The van der Waals surface area contributed by atoms with E-state index in [-0.39, 0.29) is 5.56 Å². The van der Waals surface area contributed by atoms with Crippen molar-refractivity contribution in [2.45, 2.75) is 13.0 Å². The summed E-state index contributed by atoms with van der Waals surface area (Å²) in [5.74, 6) is 0.509. The number of nitrogens with zero attached hydrogens (tertiary/aromatic N) is 3. The van der Waals surface area contributed by atoms with Crippen molar-refractivity contribution >= 4 is 27.9 Å². The zero-order valence-corrected chi connectivity index (χ0v) is 13.1. The van der Waals surface area contributed by atoms with E-state index in [0.29, 0.717) is 23.4 Å². The number of hydrogen-bond donors (Lipinski definition) is 2. The second kappa shape index (κ2) is 6.16. The van der Waals surface area contributed by atoms with E-state index in [1.165, 1.54) is 0 Å². The monoisotopic (exact) mass is 319 g/mol. The second-order valence-corrected chi connectivity index (χ2v) is 5.64. The summed E-state index contributed by atoms with van der Waals surface area (Å²) in [7, 11) is 0. The third-order valence-electron chi connectivity index (χ3n) is 4.01. The molecule has 0 saturated heterocycles. The minimum atomic E-state index is -0.122. The summed E-state index contributed by atoms with van der Waals surface area (Å²) in [6, 6.07) is 15.4. The third-order valence-corrected chi connectivity index (χ3v) is 4.01. The van der Waals surface area contributed by atoms with Crippen LogP contribution in [0.5, 0.6) is 0 Å². The average molecular weight is 319 g/mol. The van der Waals surface area contributed by atoms with Crippen LogP contribution in [-0.4, -0.2) is 26.1 Å². The van der Waals surface area contributed by atoms with Crippen molar-refractivity contribution < 1.29 is 0 Å². The molecule has 0 aliphatic carbocycles. The second-order valence-electron chi connectivity index (χ2n) is 5.64. The quantitative estimate of drug-likeness (QED) is 0.555. The molecule has 0 radical (unpaired) electrons. The largest absolute Gasteiger partial charge is 0.356 e. The first kappa shape index (κ1) is 14.4. The van der Waals surface area contributed by atoms with E-state index in [1.807, 2.05) is 42.7 Å². The Balaban J connectivity index is 1.42. The molecule has 4 rings (SSSR count). The molecule has 0 bridgehead atoms. The van der Waals surface area contributed by atoms with Crippen molar-refractivity contribution in [3.05, 3.63) is 65.2 Å². The number of para-hydroxylation sites is 3. The van der Waals surface area contributed by atoms with Crippen LogP contribution >= 0.6 is 0 Å². The van der Waals surface area contributed by atoms with Crippen LogP contribution in [0.2, 0.25) is 0 Å². The van der Waals surface area contributed by atoms with Gasteiger partial charge in [0.05, 0.1) is 28.3 Å². The van der Waals surface area contributed by atoms with Gasteiger partial charge in [0.25, 0.3) is 5.56 Å². The highest BCUT2D eigenvalue weighted by Gasteiger charge is 2.03. The van der Waals surface area contributed by atoms with Crippen molar-refractivity contribution in [1.82, 2.24) is 19.5 Å². The fraction of sp³-hybridized carbons (Fsp3) is 0.167. The van der Waals surface area contributed by atoms with E-state index < -0.39 is 0 Å². The van der Waals surface area contributed by atoms with E-state index in [2.05, 4.69) is 30.9 Å². The topological polar surface area (TPSA) is 75.6 Å². The lowest BCUT2D eigenvalue weighted by Gasteiger charge is -2.07. The van der Waals surface area contributed by atoms with Gasteiger partial charge >= 0.3 is 0 Å². The van der Waals surface area contributed by atoms with E-state index in [9.17, 15) is 4.79 Å². The Kier molecular flexibility index (Phi) is 3.70. The molecule has 0 amide bonds. The molecule has 0 saturated carbocycles. The Labute approximate surface area is 138 Å². The number of nitrogens with one attached hydrogen (secondary N) is 2. The van der Waals surface area contributed by atoms with Crippen molar-refractivity contribution in [3.8, 4) is 0 Å². The number of hydrogen-bond acceptors (Lipinski definition) is 4. The maximum absolute atomic E-state index is 12.0. The molecule has 6 heteroatoms. The molecule has 24 heavy (non-hydrogen) atoms. The number of rotatable bonds is 5. The maximum atomic E-state index is 12.0. The Morgan fingerprint density at radius 1 is 1.04 bits per heavy atom. The minimum Gasteiger partial charge on any atom is -0.356 e. The van der Waals surface area contributed by atoms with Crippen LogP contribution in [0.3, 0.4) is 0 Å². The van der Waals surface area contributed by atoms with Gasteiger partial charge in [0, 0.05) is 13.1 Å². The highest BCUT2D eigenvalue weighted by molar-refractivity contribution is 5.78. The van der Waals surface area contributed by atoms with Crippen molar-refractivity contribution in [2.24, 2.45) is 0 Å². The van der Waals surface area contributed by atoms with Gasteiger partial charge in [0.1, 0.15) is 0 Å². The fourth-order valence-corrected chi connectivity index (χ4v) is 2.81. The summed E-state index contributed by atoms with van der Waals surface area (Å²) in [6.07, 6.45) is 2.76. The van der Waals surface area contributed by atoms with Gasteiger partial charge in [0.15, 0.2) is 0 Å². The van der Waals surface area contributed by atoms with Crippen LogP contribution in [0, 0.1) is 0 Å². The first-order chi connectivity index (χ1) is 11.8. The summed E-state index contributed by atoms with van der Waals surface area (Å²) >= 11 is 0. The standard InChI is InChI=1S/C18H17N5O/c24-17-13-6-1-2-7-14(13)21-18(22-17)19-10-5-11-23-12-20-15-8-3-4-9-16(15)23/h1-4,6-9,12H,5,10-11H2,(H2,19,21,22,24). The lowest BCUT2D eigenvalue weighted by Crippen LogP contribution is -2.14. The summed E-state index contributed by atoms with van der Waals surface area (Å²) < 4.78 is 2.13. The molecular weight excluding hydrogens is 302 g/mol. The molecule has 2 N–H and O–H groups in total. The van der Waals surface area contributed by atoms with E-state index in [0.717, 1.165) is 24.0 Å². The molecule has 0 unspecified atom stereocenters. The highest BCUT2D eigenvalue weighted by Crippen LogP contribution is 2.12. The Bertz CT molecular complexity index is 1050. The molecule has 0 atom stereocenters. The zero-order chi connectivity index (χ0) is 16.4. The van der Waals surface area contributed by atoms with Gasteiger partial charge in [-0.1, -0.05) is 24.3 Å². The average Bonchev–Trinajstić information content (AvgIpc) is 3.02. The number of fused-ring (bicyclic) bond motifs is 2. The van der Waals surface area contributed by atoms with Crippen molar-refractivity contribution in [2.75, 3.05) is 11.9 Å². The fourth-order valence-electron chi connectivity index (χ4n) is 2.81. The first-order valence-electron chi connectivity index (χ1n) is 7.94. The number of anilines is 1. The Hall–Kier alpha value is -3.15. The van der Waals surface area contributed by atoms with Crippen molar-refractivity contribution in [1.29, 1.82) is 0 Å². The van der Waals surface area contributed by atoms with Crippen LogP contribution in [0.15, 0.2) is 59.7 Å². The molecule has 2 aromatic carbocycles. The van der Waals surface area contributed by atoms with Crippen LogP contribution in [-0.2, 0) is 6.54 Å². The predicted octanol–water partition coefficient (Wildman–Crippen LogP) is 2.78. The lowest BCUT2D eigenvalue weighted by atomic mass is 10.2. The molecular formula is C18H17N5O. The smallest absolute Gasteiger partial charge is 0.260 e. The first-order valence-corrected chi connectivity index (χ1v) is 7.94. The van der Waals surface area contributed by atoms with E-state index in [4.69, 9.17) is 0 Å². The summed E-state index contributed by atoms with van der Waals surface area (Å²) in [4.78, 5) is 23.6. The molecule has 4 aromatic rings. The molecule has 0 fully saturated rings. The SMILES string of the molecule is O=c1[nH]c(NCCCn2cnc3ccccc32)nc2ccccc12. The highest BCUT2D eigenvalue weighted by atomic mass is 16.1.